The number of ketones is 1. The Morgan fingerprint density at radius 1 is 1.00 bits per heavy atom. The molecule has 0 unspecified atom stereocenters. The third kappa shape index (κ3) is 3.41. The molecule has 3 rings (SSSR count). The molecule has 24 heavy (non-hydrogen) atoms. The van der Waals surface area contributed by atoms with Crippen LogP contribution in [0.3, 0.4) is 0 Å². The molecule has 0 aliphatic carbocycles. The first-order valence-corrected chi connectivity index (χ1v) is 7.37. The number of rotatable bonds is 5. The third-order valence-electron chi connectivity index (χ3n) is 3.53. The summed E-state index contributed by atoms with van der Waals surface area (Å²) in [6.45, 7) is -0.347. The molecule has 1 heterocycles. The van der Waals surface area contributed by atoms with Crippen molar-refractivity contribution in [2.24, 2.45) is 0 Å². The second-order valence-electron chi connectivity index (χ2n) is 5.12. The Bertz CT molecular complexity index is 905. The van der Waals surface area contributed by atoms with Gasteiger partial charge in [0, 0.05) is 10.9 Å². The fourth-order valence-corrected chi connectivity index (χ4v) is 2.26. The summed E-state index contributed by atoms with van der Waals surface area (Å²) in [7, 11) is 1.52. The lowest BCUT2D eigenvalue weighted by atomic mass is 10.1. The number of para-hydroxylation sites is 1. The molecule has 0 saturated carbocycles. The van der Waals surface area contributed by atoms with Crippen LogP contribution >= 0.6 is 0 Å². The summed E-state index contributed by atoms with van der Waals surface area (Å²) in [5, 5.41) is 0.932. The first-order valence-electron chi connectivity index (χ1n) is 7.37. The predicted octanol–water partition coefficient (Wildman–Crippen LogP) is 3.28. The average molecular weight is 321 g/mol. The molecule has 2 aromatic carbocycles. The van der Waals surface area contributed by atoms with Crippen molar-refractivity contribution in [1.29, 1.82) is 0 Å². The van der Waals surface area contributed by atoms with Gasteiger partial charge in [-0.1, -0.05) is 36.4 Å². The summed E-state index contributed by atoms with van der Waals surface area (Å²) in [6.07, 6.45) is 0. The Labute approximate surface area is 138 Å². The van der Waals surface area contributed by atoms with Crippen LogP contribution < -0.4 is 4.74 Å². The first kappa shape index (κ1) is 15.7. The van der Waals surface area contributed by atoms with E-state index in [1.54, 1.807) is 36.4 Å². The van der Waals surface area contributed by atoms with Crippen LogP contribution in [-0.4, -0.2) is 30.5 Å². The highest BCUT2D eigenvalue weighted by Crippen LogP contribution is 2.14. The van der Waals surface area contributed by atoms with E-state index in [-0.39, 0.29) is 18.1 Å². The largest absolute Gasteiger partial charge is 0.497 e. The maximum atomic E-state index is 12.1. The van der Waals surface area contributed by atoms with Crippen LogP contribution in [0.5, 0.6) is 5.75 Å². The maximum Gasteiger partial charge on any atom is 0.357 e. The van der Waals surface area contributed by atoms with Gasteiger partial charge in [0.25, 0.3) is 0 Å². The van der Waals surface area contributed by atoms with E-state index in [4.69, 9.17) is 9.47 Å². The van der Waals surface area contributed by atoms with E-state index >= 15 is 0 Å². The Hall–Kier alpha value is -3.21. The summed E-state index contributed by atoms with van der Waals surface area (Å²) >= 11 is 0. The van der Waals surface area contributed by atoms with Crippen LogP contribution in [-0.2, 0) is 4.74 Å². The molecule has 3 aromatic rings. The lowest BCUT2D eigenvalue weighted by Gasteiger charge is -2.06. The number of benzene rings is 2. The van der Waals surface area contributed by atoms with Gasteiger partial charge >= 0.3 is 5.97 Å². The number of pyridine rings is 1. The summed E-state index contributed by atoms with van der Waals surface area (Å²) in [5.41, 5.74) is 1.30. The third-order valence-corrected chi connectivity index (χ3v) is 3.53. The van der Waals surface area contributed by atoms with Gasteiger partial charge in [0.05, 0.1) is 12.6 Å². The van der Waals surface area contributed by atoms with Gasteiger partial charge < -0.3 is 9.47 Å². The number of aromatic nitrogens is 1. The molecule has 0 atom stereocenters. The van der Waals surface area contributed by atoms with Gasteiger partial charge in [0.2, 0.25) is 0 Å². The van der Waals surface area contributed by atoms with Gasteiger partial charge in [-0.3, -0.25) is 4.79 Å². The highest BCUT2D eigenvalue weighted by Gasteiger charge is 2.14. The molecule has 1 aromatic heterocycles. The van der Waals surface area contributed by atoms with Crippen LogP contribution in [0.1, 0.15) is 20.8 Å². The number of ether oxygens (including phenoxy) is 2. The molecule has 0 bridgehead atoms. The number of hydrogen-bond acceptors (Lipinski definition) is 5. The fraction of sp³-hybridized carbons (Fsp3) is 0.105. The molecule has 0 aliphatic heterocycles. The van der Waals surface area contributed by atoms with Gasteiger partial charge in [0.15, 0.2) is 12.4 Å². The Kier molecular flexibility index (Phi) is 4.52. The van der Waals surface area contributed by atoms with Crippen molar-refractivity contribution in [2.45, 2.75) is 0 Å². The standard InChI is InChI=1S/C19H15NO4/c1-23-15-7-4-6-14(11-15)18(21)12-24-19(22)17-10-9-13-5-2-3-8-16(13)20-17/h2-11H,12H2,1H3. The summed E-state index contributed by atoms with van der Waals surface area (Å²) in [4.78, 5) is 28.4. The predicted molar refractivity (Wildman–Crippen MR) is 89.4 cm³/mol. The number of Topliss-reactive ketones (excluding diaryl/α,β-unsaturated/α-hetero) is 1. The van der Waals surface area contributed by atoms with Gasteiger partial charge in [-0.25, -0.2) is 9.78 Å². The van der Waals surface area contributed by atoms with Gasteiger partial charge in [-0.15, -0.1) is 0 Å². The monoisotopic (exact) mass is 321 g/mol. The average Bonchev–Trinajstić information content (AvgIpc) is 2.65. The minimum atomic E-state index is -0.628. The number of nitrogens with zero attached hydrogens (tertiary/aromatic N) is 1. The van der Waals surface area contributed by atoms with Gasteiger partial charge in [-0.2, -0.15) is 0 Å². The van der Waals surface area contributed by atoms with Gasteiger partial charge in [0.1, 0.15) is 11.4 Å². The second kappa shape index (κ2) is 6.91. The molecule has 0 spiro atoms. The molecular weight excluding hydrogens is 306 g/mol. The molecule has 0 fully saturated rings. The minimum absolute atomic E-state index is 0.173. The van der Waals surface area contributed by atoms with Crippen molar-refractivity contribution in [2.75, 3.05) is 13.7 Å². The Morgan fingerprint density at radius 3 is 2.67 bits per heavy atom. The van der Waals surface area contributed by atoms with Crippen molar-refractivity contribution in [3.63, 3.8) is 0 Å². The minimum Gasteiger partial charge on any atom is -0.497 e. The van der Waals surface area contributed by atoms with Crippen LogP contribution in [0.25, 0.3) is 10.9 Å². The fourth-order valence-electron chi connectivity index (χ4n) is 2.26. The molecule has 0 amide bonds. The van der Waals surface area contributed by atoms with E-state index in [0.29, 0.717) is 16.8 Å². The highest BCUT2D eigenvalue weighted by atomic mass is 16.5. The molecule has 5 heteroatoms. The van der Waals surface area contributed by atoms with Crippen molar-refractivity contribution in [1.82, 2.24) is 4.98 Å². The molecule has 5 nitrogen and oxygen atoms in total. The highest BCUT2D eigenvalue weighted by molar-refractivity contribution is 5.99. The van der Waals surface area contributed by atoms with Crippen LogP contribution in [0.15, 0.2) is 60.7 Å². The summed E-state index contributed by atoms with van der Waals surface area (Å²) in [6, 6.07) is 17.5. The molecule has 0 aliphatic rings. The van der Waals surface area contributed by atoms with Gasteiger partial charge in [-0.05, 0) is 24.3 Å². The van der Waals surface area contributed by atoms with Crippen molar-refractivity contribution < 1.29 is 19.1 Å². The zero-order chi connectivity index (χ0) is 16.9. The molecule has 0 N–H and O–H groups in total. The van der Waals surface area contributed by atoms with Crippen LogP contribution in [0.4, 0.5) is 0 Å². The Balaban J connectivity index is 1.68. The lowest BCUT2D eigenvalue weighted by molar-refractivity contribution is 0.0469. The zero-order valence-electron chi connectivity index (χ0n) is 13.1. The van der Waals surface area contributed by atoms with Crippen molar-refractivity contribution >= 4 is 22.7 Å². The van der Waals surface area contributed by atoms with E-state index in [2.05, 4.69) is 4.98 Å². The number of hydrogen-bond donors (Lipinski definition) is 0. The zero-order valence-corrected chi connectivity index (χ0v) is 13.1. The van der Waals surface area contributed by atoms with Crippen molar-refractivity contribution in [3.8, 4) is 5.75 Å². The van der Waals surface area contributed by atoms with E-state index < -0.39 is 5.97 Å². The first-order chi connectivity index (χ1) is 11.7. The quantitative estimate of drug-likeness (QED) is 0.533. The van der Waals surface area contributed by atoms with Crippen LogP contribution in [0.2, 0.25) is 0 Å². The molecule has 0 saturated heterocycles. The maximum absolute atomic E-state index is 12.1. The normalized spacial score (nSPS) is 10.4. The number of methoxy groups -OCH3 is 1. The number of carbonyl (C=O) groups excluding carboxylic acids is 2. The topological polar surface area (TPSA) is 65.5 Å². The van der Waals surface area contributed by atoms with Crippen molar-refractivity contribution in [3.05, 3.63) is 71.9 Å². The molecule has 120 valence electrons. The van der Waals surface area contributed by atoms with E-state index in [1.807, 2.05) is 24.3 Å². The molecule has 0 radical (unpaired) electrons. The lowest BCUT2D eigenvalue weighted by Crippen LogP contribution is -2.15. The smallest absolute Gasteiger partial charge is 0.357 e. The second-order valence-corrected chi connectivity index (χ2v) is 5.12. The van der Waals surface area contributed by atoms with Crippen LogP contribution in [0, 0.1) is 0 Å². The molecular formula is C19H15NO4. The van der Waals surface area contributed by atoms with E-state index in [0.717, 1.165) is 5.39 Å². The SMILES string of the molecule is COc1cccc(C(=O)COC(=O)c2ccc3ccccc3n2)c1. The number of carbonyl (C=O) groups is 2. The number of fused-ring (bicyclic) bond motifs is 1. The summed E-state index contributed by atoms with van der Waals surface area (Å²) in [5.74, 6) is -0.358. The Morgan fingerprint density at radius 2 is 1.83 bits per heavy atom. The van der Waals surface area contributed by atoms with E-state index in [9.17, 15) is 9.59 Å². The van der Waals surface area contributed by atoms with E-state index in [1.165, 1.54) is 7.11 Å². The number of esters is 1. The summed E-state index contributed by atoms with van der Waals surface area (Å²) < 4.78 is 10.1.